The highest BCUT2D eigenvalue weighted by molar-refractivity contribution is 5.92. The molecule has 30 heavy (non-hydrogen) atoms. The fraction of sp³-hybridized carbons (Fsp3) is 0.500. The summed E-state index contributed by atoms with van der Waals surface area (Å²) in [5, 5.41) is 16.5. The fourth-order valence-electron chi connectivity index (χ4n) is 2.36. The van der Waals surface area contributed by atoms with Crippen molar-refractivity contribution in [3.05, 3.63) is 18.2 Å². The molecule has 14 heteroatoms. The molecule has 0 aromatic carbocycles. The number of carbonyl (C=O) groups excluding carboxylic acids is 3. The molecule has 1 aromatic rings. The predicted octanol–water partition coefficient (Wildman–Crippen LogP) is -3.87. The van der Waals surface area contributed by atoms with E-state index in [0.29, 0.717) is 12.1 Å². The molecule has 0 fully saturated rings. The van der Waals surface area contributed by atoms with Gasteiger partial charge >= 0.3 is 5.97 Å². The number of guanidine groups is 1. The lowest BCUT2D eigenvalue weighted by Crippen LogP contribution is -2.53. The Labute approximate surface area is 172 Å². The number of carboxylic acids is 1. The Morgan fingerprint density at radius 3 is 2.47 bits per heavy atom. The maximum absolute atomic E-state index is 12.6. The van der Waals surface area contributed by atoms with E-state index in [1.54, 1.807) is 0 Å². The second-order valence-electron chi connectivity index (χ2n) is 6.23. The molecule has 0 radical (unpaired) electrons. The average molecular weight is 425 g/mol. The number of H-pyrrole nitrogens is 1. The van der Waals surface area contributed by atoms with E-state index >= 15 is 0 Å². The van der Waals surface area contributed by atoms with Gasteiger partial charge in [-0.3, -0.25) is 19.4 Å². The molecule has 14 nitrogen and oxygen atoms in total. The Kier molecular flexibility index (Phi) is 10.3. The number of imidazole rings is 1. The number of carboxylic acid groups (broad SMARTS) is 1. The number of nitrogens with two attached hydrogens (primary N) is 3. The van der Waals surface area contributed by atoms with Crippen LogP contribution in [0.3, 0.4) is 0 Å². The highest BCUT2D eigenvalue weighted by Crippen LogP contribution is 2.03. The lowest BCUT2D eigenvalue weighted by molar-refractivity contribution is -0.142. The summed E-state index contributed by atoms with van der Waals surface area (Å²) in [6.45, 7) is -0.462. The van der Waals surface area contributed by atoms with Crippen molar-refractivity contribution in [2.75, 3.05) is 19.6 Å². The van der Waals surface area contributed by atoms with E-state index < -0.39 is 35.8 Å². The van der Waals surface area contributed by atoms with Gasteiger partial charge in [0.1, 0.15) is 12.1 Å². The van der Waals surface area contributed by atoms with Crippen LogP contribution in [0.5, 0.6) is 0 Å². The van der Waals surface area contributed by atoms with Gasteiger partial charge in [0.05, 0.1) is 19.4 Å². The number of amides is 3. The third-order valence-corrected chi connectivity index (χ3v) is 3.82. The van der Waals surface area contributed by atoms with Gasteiger partial charge in [-0.05, 0) is 12.8 Å². The van der Waals surface area contributed by atoms with Crippen LogP contribution in [-0.2, 0) is 25.6 Å². The first-order valence-corrected chi connectivity index (χ1v) is 9.04. The third kappa shape index (κ3) is 9.50. The van der Waals surface area contributed by atoms with Gasteiger partial charge < -0.3 is 43.2 Å². The number of hydrogen-bond donors (Lipinski definition) is 8. The zero-order valence-corrected chi connectivity index (χ0v) is 16.3. The molecule has 0 saturated heterocycles. The SMILES string of the molecule is NCC(=O)NCC(=O)NC(CCCN=C(N)N)C(=O)NC(Cc1cnc[nH]1)C(=O)O. The van der Waals surface area contributed by atoms with Crippen molar-refractivity contribution in [3.63, 3.8) is 0 Å². The van der Waals surface area contributed by atoms with Crippen molar-refractivity contribution in [2.45, 2.75) is 31.3 Å². The number of rotatable bonds is 13. The van der Waals surface area contributed by atoms with E-state index in [1.165, 1.54) is 12.5 Å². The topological polar surface area (TPSA) is 244 Å². The van der Waals surface area contributed by atoms with Gasteiger partial charge in [-0.25, -0.2) is 9.78 Å². The Hall–Kier alpha value is -3.68. The molecule has 1 aromatic heterocycles. The highest BCUT2D eigenvalue weighted by Gasteiger charge is 2.27. The molecule has 0 saturated carbocycles. The number of carbonyl (C=O) groups is 4. The predicted molar refractivity (Wildman–Crippen MR) is 106 cm³/mol. The number of nitrogens with one attached hydrogen (secondary N) is 4. The first-order valence-electron chi connectivity index (χ1n) is 9.04. The Bertz CT molecular complexity index is 746. The minimum Gasteiger partial charge on any atom is -0.480 e. The summed E-state index contributed by atoms with van der Waals surface area (Å²) in [6, 6.07) is -2.31. The fourth-order valence-corrected chi connectivity index (χ4v) is 2.36. The summed E-state index contributed by atoms with van der Waals surface area (Å²) in [5.74, 6) is -3.25. The average Bonchev–Trinajstić information content (AvgIpc) is 3.20. The Morgan fingerprint density at radius 1 is 1.17 bits per heavy atom. The van der Waals surface area contributed by atoms with Crippen LogP contribution >= 0.6 is 0 Å². The van der Waals surface area contributed by atoms with Crippen molar-refractivity contribution >= 4 is 29.7 Å². The quantitative estimate of drug-likeness (QED) is 0.0873. The zero-order valence-electron chi connectivity index (χ0n) is 16.3. The van der Waals surface area contributed by atoms with Crippen molar-refractivity contribution in [2.24, 2.45) is 22.2 Å². The molecular weight excluding hydrogens is 398 g/mol. The molecule has 0 bridgehead atoms. The van der Waals surface area contributed by atoms with Gasteiger partial charge in [-0.2, -0.15) is 0 Å². The Balaban J connectivity index is 2.76. The van der Waals surface area contributed by atoms with E-state index in [0.717, 1.165) is 0 Å². The largest absolute Gasteiger partial charge is 0.480 e. The van der Waals surface area contributed by atoms with Crippen molar-refractivity contribution in [1.82, 2.24) is 25.9 Å². The van der Waals surface area contributed by atoms with Crippen molar-refractivity contribution in [1.29, 1.82) is 0 Å². The summed E-state index contributed by atoms with van der Waals surface area (Å²) in [6.07, 6.45) is 3.27. The molecule has 0 aliphatic rings. The van der Waals surface area contributed by atoms with E-state index in [1.807, 2.05) is 0 Å². The molecule has 1 heterocycles. The second kappa shape index (κ2) is 12.7. The molecule has 166 valence electrons. The van der Waals surface area contributed by atoms with Gasteiger partial charge in [0, 0.05) is 24.9 Å². The molecule has 0 aliphatic heterocycles. The second-order valence-corrected chi connectivity index (χ2v) is 6.23. The minimum atomic E-state index is -1.25. The first-order chi connectivity index (χ1) is 14.2. The lowest BCUT2D eigenvalue weighted by atomic mass is 10.1. The van der Waals surface area contributed by atoms with Crippen LogP contribution in [0.2, 0.25) is 0 Å². The van der Waals surface area contributed by atoms with E-state index in [-0.39, 0.29) is 38.4 Å². The summed E-state index contributed by atoms with van der Waals surface area (Å²) >= 11 is 0. The molecule has 2 atom stereocenters. The van der Waals surface area contributed by atoms with Gasteiger partial charge in [-0.15, -0.1) is 0 Å². The molecule has 2 unspecified atom stereocenters. The number of aromatic amines is 1. The number of hydrogen-bond acceptors (Lipinski definition) is 7. The van der Waals surface area contributed by atoms with Gasteiger partial charge in [-0.1, -0.05) is 0 Å². The number of aliphatic imine (C=N–C) groups is 1. The molecule has 0 aliphatic carbocycles. The van der Waals surface area contributed by atoms with Gasteiger partial charge in [0.15, 0.2) is 5.96 Å². The Morgan fingerprint density at radius 2 is 1.90 bits per heavy atom. The summed E-state index contributed by atoms with van der Waals surface area (Å²) in [7, 11) is 0. The molecule has 1 rings (SSSR count). The normalized spacial score (nSPS) is 12.3. The van der Waals surface area contributed by atoms with Crippen LogP contribution in [0.4, 0.5) is 0 Å². The summed E-state index contributed by atoms with van der Waals surface area (Å²) in [4.78, 5) is 57.7. The standard InChI is InChI=1S/C16H27N9O5/c17-5-12(26)22-7-13(27)24-10(2-1-3-21-16(18)19)14(28)25-11(15(29)30)4-9-6-20-8-23-9/h6,8,10-11H,1-5,7,17H2,(H,20,23)(H,22,26)(H,24,27)(H,25,28)(H,29,30)(H4,18,19,21). The minimum absolute atomic E-state index is 0.0255. The summed E-state index contributed by atoms with van der Waals surface area (Å²) < 4.78 is 0. The maximum atomic E-state index is 12.6. The van der Waals surface area contributed by atoms with E-state index in [9.17, 15) is 24.3 Å². The smallest absolute Gasteiger partial charge is 0.326 e. The van der Waals surface area contributed by atoms with Crippen LogP contribution in [0.15, 0.2) is 17.5 Å². The molecule has 3 amide bonds. The van der Waals surface area contributed by atoms with Crippen LogP contribution in [-0.4, -0.2) is 76.4 Å². The molecular formula is C16H27N9O5. The number of aliphatic carboxylic acids is 1. The molecule has 11 N–H and O–H groups in total. The first kappa shape index (κ1) is 24.4. The van der Waals surface area contributed by atoms with Gasteiger partial charge in [0.2, 0.25) is 17.7 Å². The summed E-state index contributed by atoms with van der Waals surface area (Å²) in [5.41, 5.74) is 16.2. The number of aromatic nitrogens is 2. The van der Waals surface area contributed by atoms with Gasteiger partial charge in [0.25, 0.3) is 0 Å². The van der Waals surface area contributed by atoms with E-state index in [4.69, 9.17) is 17.2 Å². The van der Waals surface area contributed by atoms with E-state index in [2.05, 4.69) is 30.9 Å². The number of nitrogens with zero attached hydrogens (tertiary/aromatic N) is 2. The van der Waals surface area contributed by atoms with Crippen LogP contribution in [0.25, 0.3) is 0 Å². The molecule has 0 spiro atoms. The third-order valence-electron chi connectivity index (χ3n) is 3.82. The van der Waals surface area contributed by atoms with Crippen molar-refractivity contribution < 1.29 is 24.3 Å². The maximum Gasteiger partial charge on any atom is 0.326 e. The monoisotopic (exact) mass is 425 g/mol. The van der Waals surface area contributed by atoms with Crippen LogP contribution in [0, 0.1) is 0 Å². The van der Waals surface area contributed by atoms with Crippen molar-refractivity contribution in [3.8, 4) is 0 Å². The van der Waals surface area contributed by atoms with Crippen LogP contribution < -0.4 is 33.2 Å². The highest BCUT2D eigenvalue weighted by atomic mass is 16.4. The lowest BCUT2D eigenvalue weighted by Gasteiger charge is -2.21. The zero-order chi connectivity index (χ0) is 22.5. The van der Waals surface area contributed by atoms with Crippen LogP contribution in [0.1, 0.15) is 18.5 Å².